The monoisotopic (exact) mass is 262 g/mol. The van der Waals surface area contributed by atoms with Gasteiger partial charge in [0.25, 0.3) is 0 Å². The van der Waals surface area contributed by atoms with Crippen LogP contribution in [0.2, 0.25) is 0 Å². The Kier molecular flexibility index (Phi) is 3.26. The molecule has 0 fully saturated rings. The van der Waals surface area contributed by atoms with Crippen molar-refractivity contribution in [2.24, 2.45) is 4.99 Å². The van der Waals surface area contributed by atoms with Crippen LogP contribution in [0.3, 0.4) is 0 Å². The Morgan fingerprint density at radius 3 is 2.50 bits per heavy atom. The van der Waals surface area contributed by atoms with Gasteiger partial charge >= 0.3 is 0 Å². The zero-order valence-electron chi connectivity index (χ0n) is 10.6. The third kappa shape index (κ3) is 2.06. The largest absolute Gasteiger partial charge is 0.334 e. The molecule has 0 aromatic heterocycles. The number of hydrogen-bond donors (Lipinski definition) is 1. The molecule has 1 atom stereocenters. The van der Waals surface area contributed by atoms with Crippen molar-refractivity contribution < 1.29 is 4.79 Å². The number of nitrogens with one attached hydrogen (secondary N) is 1. The molecule has 1 heterocycles. The minimum atomic E-state index is -0.723. The number of benzene rings is 1. The number of hydrogen-bond acceptors (Lipinski definition) is 3. The highest BCUT2D eigenvalue weighted by atomic mass is 35.5. The summed E-state index contributed by atoms with van der Waals surface area (Å²) in [5, 5.41) is 3.22. The average molecular weight is 263 g/mol. The van der Waals surface area contributed by atoms with Crippen LogP contribution in [-0.2, 0) is 10.3 Å². The van der Waals surface area contributed by atoms with E-state index in [1.54, 1.807) is 6.92 Å². The van der Waals surface area contributed by atoms with Gasteiger partial charge in [0.1, 0.15) is 5.54 Å². The zero-order chi connectivity index (χ0) is 13.3. The van der Waals surface area contributed by atoms with E-state index >= 15 is 0 Å². The van der Waals surface area contributed by atoms with Gasteiger partial charge in [-0.1, -0.05) is 30.3 Å². The number of amidine groups is 1. The molecule has 1 N–H and O–H groups in total. The summed E-state index contributed by atoms with van der Waals surface area (Å²) in [6.45, 7) is 5.30. The van der Waals surface area contributed by atoms with Crippen molar-refractivity contribution in [2.75, 3.05) is 0 Å². The number of Topliss-reactive ketones (excluding diaryl/α,β-unsaturated/α-hetero) is 1. The van der Waals surface area contributed by atoms with Gasteiger partial charge in [-0.15, -0.1) is 0 Å². The van der Waals surface area contributed by atoms with E-state index in [-0.39, 0.29) is 5.78 Å². The number of carbonyl (C=O) groups excluding carboxylic acids is 1. The Bertz CT molecular complexity index is 548. The van der Waals surface area contributed by atoms with E-state index in [0.717, 1.165) is 11.3 Å². The highest BCUT2D eigenvalue weighted by molar-refractivity contribution is 6.65. The first-order chi connectivity index (χ1) is 8.45. The lowest BCUT2D eigenvalue weighted by molar-refractivity contribution is -0.114. The highest BCUT2D eigenvalue weighted by Crippen LogP contribution is 2.37. The van der Waals surface area contributed by atoms with Crippen LogP contribution in [-0.4, -0.2) is 11.1 Å². The number of allylic oxidation sites excluding steroid dienone is 1. The van der Waals surface area contributed by atoms with Gasteiger partial charge in [0.15, 0.2) is 11.1 Å². The Morgan fingerprint density at radius 2 is 1.94 bits per heavy atom. The predicted octanol–water partition coefficient (Wildman–Crippen LogP) is 2.96. The maximum Gasteiger partial charge on any atom is 0.196 e. The van der Waals surface area contributed by atoms with Gasteiger partial charge in [-0.2, -0.15) is 0 Å². The van der Waals surface area contributed by atoms with Gasteiger partial charge in [0.2, 0.25) is 0 Å². The van der Waals surface area contributed by atoms with Gasteiger partial charge in [-0.05, 0) is 37.9 Å². The molecule has 18 heavy (non-hydrogen) atoms. The molecule has 0 aliphatic carbocycles. The highest BCUT2D eigenvalue weighted by Gasteiger charge is 2.37. The van der Waals surface area contributed by atoms with Crippen molar-refractivity contribution in [3.8, 4) is 0 Å². The normalized spacial score (nSPS) is 23.4. The van der Waals surface area contributed by atoms with E-state index in [9.17, 15) is 4.79 Å². The van der Waals surface area contributed by atoms with E-state index in [4.69, 9.17) is 11.6 Å². The second-order valence-corrected chi connectivity index (χ2v) is 4.88. The van der Waals surface area contributed by atoms with E-state index in [1.165, 1.54) is 0 Å². The van der Waals surface area contributed by atoms with E-state index < -0.39 is 5.54 Å². The van der Waals surface area contributed by atoms with E-state index in [1.807, 2.05) is 44.2 Å². The van der Waals surface area contributed by atoms with Gasteiger partial charge in [0.05, 0.1) is 0 Å². The molecule has 1 aliphatic rings. The Hall–Kier alpha value is -1.61. The van der Waals surface area contributed by atoms with Crippen LogP contribution in [0.15, 0.2) is 46.6 Å². The Labute approximate surface area is 112 Å². The quantitative estimate of drug-likeness (QED) is 0.833. The molecule has 1 aliphatic heterocycles. The van der Waals surface area contributed by atoms with Crippen LogP contribution in [0.1, 0.15) is 26.3 Å². The van der Waals surface area contributed by atoms with Crippen LogP contribution in [0.4, 0.5) is 0 Å². The summed E-state index contributed by atoms with van der Waals surface area (Å²) < 4.78 is 0. The predicted molar refractivity (Wildman–Crippen MR) is 73.6 cm³/mol. The number of carbonyl (C=O) groups is 1. The van der Waals surface area contributed by atoms with Gasteiger partial charge < -0.3 is 5.32 Å². The van der Waals surface area contributed by atoms with Crippen molar-refractivity contribution in [3.63, 3.8) is 0 Å². The molecule has 0 saturated heterocycles. The number of rotatable bonds is 2. The minimum Gasteiger partial charge on any atom is -0.334 e. The molecular formula is C14H15ClN2O. The molecule has 0 amide bonds. The first-order valence-corrected chi connectivity index (χ1v) is 6.13. The van der Waals surface area contributed by atoms with E-state index in [0.29, 0.717) is 10.9 Å². The molecule has 0 radical (unpaired) electrons. The summed E-state index contributed by atoms with van der Waals surface area (Å²) in [6.07, 6.45) is 0. The number of ketones is 1. The minimum absolute atomic E-state index is 0.000676. The molecule has 1 aromatic carbocycles. The fraction of sp³-hybridized carbons (Fsp3) is 0.286. The summed E-state index contributed by atoms with van der Waals surface area (Å²) >= 11 is 6.01. The summed E-state index contributed by atoms with van der Waals surface area (Å²) in [7, 11) is 0. The van der Waals surface area contributed by atoms with Crippen LogP contribution in [0, 0.1) is 0 Å². The Morgan fingerprint density at radius 1 is 1.33 bits per heavy atom. The molecule has 3 nitrogen and oxygen atoms in total. The van der Waals surface area contributed by atoms with Crippen LogP contribution < -0.4 is 5.32 Å². The average Bonchev–Trinajstić information content (AvgIpc) is 2.28. The number of nitrogens with zero attached hydrogens (tertiary/aromatic N) is 1. The molecule has 94 valence electrons. The maximum atomic E-state index is 11.9. The van der Waals surface area contributed by atoms with Gasteiger partial charge in [-0.3, -0.25) is 4.79 Å². The molecular weight excluding hydrogens is 248 g/mol. The van der Waals surface area contributed by atoms with Crippen LogP contribution >= 0.6 is 11.6 Å². The smallest absolute Gasteiger partial charge is 0.196 e. The molecule has 4 heteroatoms. The fourth-order valence-electron chi connectivity index (χ4n) is 2.44. The summed E-state index contributed by atoms with van der Waals surface area (Å²) in [6, 6.07) is 9.70. The second kappa shape index (κ2) is 4.58. The first-order valence-electron chi connectivity index (χ1n) is 5.75. The molecule has 0 bridgehead atoms. The lowest BCUT2D eigenvalue weighted by atomic mass is 9.81. The van der Waals surface area contributed by atoms with Crippen molar-refractivity contribution in [1.29, 1.82) is 0 Å². The number of aliphatic imine (C=N–C) groups is 1. The standard InChI is InChI=1S/C14H15ClN2O/c1-9-12(10(2)18)14(3,17-13(15)16-9)11-7-5-4-6-8-11/h4-8H,1-3H3,(H,16,17). The van der Waals surface area contributed by atoms with Crippen molar-refractivity contribution >= 4 is 22.7 Å². The third-order valence-electron chi connectivity index (χ3n) is 3.16. The van der Waals surface area contributed by atoms with Crippen LogP contribution in [0.25, 0.3) is 0 Å². The topological polar surface area (TPSA) is 41.5 Å². The molecule has 0 spiro atoms. The molecule has 0 saturated carbocycles. The lowest BCUT2D eigenvalue weighted by Gasteiger charge is -2.33. The number of halogens is 1. The summed E-state index contributed by atoms with van der Waals surface area (Å²) in [5.74, 6) is -0.000676. The van der Waals surface area contributed by atoms with Crippen molar-refractivity contribution in [3.05, 3.63) is 47.2 Å². The Balaban J connectivity index is 2.64. The van der Waals surface area contributed by atoms with E-state index in [2.05, 4.69) is 10.3 Å². The van der Waals surface area contributed by atoms with Gasteiger partial charge in [-0.25, -0.2) is 4.99 Å². The zero-order valence-corrected chi connectivity index (χ0v) is 11.4. The summed E-state index contributed by atoms with van der Waals surface area (Å²) in [4.78, 5) is 16.3. The molecule has 1 unspecified atom stereocenters. The molecule has 2 rings (SSSR count). The second-order valence-electron chi connectivity index (χ2n) is 4.52. The SMILES string of the molecule is CC(=O)C1=C(C)NC(Cl)=NC1(C)c1ccccc1. The summed E-state index contributed by atoms with van der Waals surface area (Å²) in [5.41, 5.74) is 1.64. The van der Waals surface area contributed by atoms with Crippen LogP contribution in [0.5, 0.6) is 0 Å². The van der Waals surface area contributed by atoms with Crippen molar-refractivity contribution in [2.45, 2.75) is 26.3 Å². The molecule has 1 aromatic rings. The maximum absolute atomic E-state index is 11.9. The van der Waals surface area contributed by atoms with Gasteiger partial charge in [0, 0.05) is 11.3 Å². The van der Waals surface area contributed by atoms with Crippen molar-refractivity contribution in [1.82, 2.24) is 5.32 Å². The third-order valence-corrected chi connectivity index (χ3v) is 3.34. The lowest BCUT2D eigenvalue weighted by Crippen LogP contribution is -2.37. The first kappa shape index (κ1) is 12.8. The fourth-order valence-corrected chi connectivity index (χ4v) is 2.75.